The van der Waals surface area contributed by atoms with Crippen molar-refractivity contribution in [2.24, 2.45) is 0 Å². The highest BCUT2D eigenvalue weighted by atomic mass is 16.5. The van der Waals surface area contributed by atoms with Crippen LogP contribution in [-0.2, 0) is 11.2 Å². The molecule has 2 heterocycles. The average Bonchev–Trinajstić information content (AvgIpc) is 3.13. The molecule has 1 N–H and O–H groups in total. The predicted molar refractivity (Wildman–Crippen MR) is 100 cm³/mol. The molecule has 0 aliphatic heterocycles. The van der Waals surface area contributed by atoms with E-state index in [-0.39, 0.29) is 5.91 Å². The molecule has 0 fully saturated rings. The number of benzene rings is 1. The molecule has 1 amide bonds. The van der Waals surface area contributed by atoms with E-state index in [2.05, 4.69) is 20.4 Å². The first-order valence-electron chi connectivity index (χ1n) is 8.78. The highest BCUT2D eigenvalue weighted by Gasteiger charge is 2.12. The maximum absolute atomic E-state index is 12.1. The van der Waals surface area contributed by atoms with Gasteiger partial charge in [-0.25, -0.2) is 9.50 Å². The third kappa shape index (κ3) is 4.52. The van der Waals surface area contributed by atoms with E-state index in [1.165, 1.54) is 6.33 Å². The molecule has 27 heavy (non-hydrogen) atoms. The van der Waals surface area contributed by atoms with Crippen LogP contribution in [0.15, 0.2) is 30.6 Å². The van der Waals surface area contributed by atoms with Crippen molar-refractivity contribution < 1.29 is 14.3 Å². The van der Waals surface area contributed by atoms with Gasteiger partial charge in [-0.1, -0.05) is 6.07 Å². The lowest BCUT2D eigenvalue weighted by molar-refractivity contribution is -0.121. The minimum Gasteiger partial charge on any atom is -0.497 e. The lowest BCUT2D eigenvalue weighted by atomic mass is 10.1. The van der Waals surface area contributed by atoms with Crippen LogP contribution >= 0.6 is 0 Å². The third-order valence-corrected chi connectivity index (χ3v) is 4.32. The molecule has 0 aliphatic rings. The number of aromatic nitrogens is 4. The number of nitrogens with one attached hydrogen (secondary N) is 1. The molecular formula is C19H23N5O3. The zero-order chi connectivity index (χ0) is 19.2. The maximum Gasteiger partial charge on any atom is 0.252 e. The van der Waals surface area contributed by atoms with Crippen LogP contribution in [0, 0.1) is 13.8 Å². The van der Waals surface area contributed by atoms with Gasteiger partial charge < -0.3 is 14.8 Å². The van der Waals surface area contributed by atoms with E-state index in [1.54, 1.807) is 17.7 Å². The van der Waals surface area contributed by atoms with Gasteiger partial charge in [0.25, 0.3) is 5.78 Å². The van der Waals surface area contributed by atoms with Gasteiger partial charge in [-0.05, 0) is 38.0 Å². The SMILES string of the molecule is COc1cccc(OCCNC(=O)CCc2c(C)nc3ncnn3c2C)c1. The van der Waals surface area contributed by atoms with Crippen LogP contribution in [0.1, 0.15) is 23.4 Å². The fraction of sp³-hybridized carbons (Fsp3) is 0.368. The van der Waals surface area contributed by atoms with Crippen molar-refractivity contribution in [1.29, 1.82) is 0 Å². The van der Waals surface area contributed by atoms with Crippen molar-refractivity contribution in [3.05, 3.63) is 47.5 Å². The summed E-state index contributed by atoms with van der Waals surface area (Å²) in [5, 5.41) is 7.04. The number of hydrogen-bond acceptors (Lipinski definition) is 6. The molecule has 1 aromatic carbocycles. The third-order valence-electron chi connectivity index (χ3n) is 4.32. The highest BCUT2D eigenvalue weighted by Crippen LogP contribution is 2.18. The van der Waals surface area contributed by atoms with E-state index >= 15 is 0 Å². The lowest BCUT2D eigenvalue weighted by Crippen LogP contribution is -2.28. The molecule has 3 rings (SSSR count). The number of ether oxygens (including phenoxy) is 2. The first-order chi connectivity index (χ1) is 13.1. The van der Waals surface area contributed by atoms with Crippen LogP contribution < -0.4 is 14.8 Å². The smallest absolute Gasteiger partial charge is 0.252 e. The van der Waals surface area contributed by atoms with Crippen LogP contribution in [0.25, 0.3) is 5.78 Å². The summed E-state index contributed by atoms with van der Waals surface area (Å²) in [6, 6.07) is 7.37. The van der Waals surface area contributed by atoms with Crippen LogP contribution in [0.4, 0.5) is 0 Å². The second kappa shape index (κ2) is 8.48. The van der Waals surface area contributed by atoms with Gasteiger partial charge in [0.1, 0.15) is 24.4 Å². The number of nitrogens with zero attached hydrogens (tertiary/aromatic N) is 4. The Morgan fingerprint density at radius 1 is 1.26 bits per heavy atom. The van der Waals surface area contributed by atoms with Gasteiger partial charge in [0, 0.05) is 23.9 Å². The van der Waals surface area contributed by atoms with Gasteiger partial charge in [0.15, 0.2) is 0 Å². The summed E-state index contributed by atoms with van der Waals surface area (Å²) >= 11 is 0. The summed E-state index contributed by atoms with van der Waals surface area (Å²) in [7, 11) is 1.61. The van der Waals surface area contributed by atoms with Crippen molar-refractivity contribution in [1.82, 2.24) is 24.9 Å². The Balaban J connectivity index is 1.46. The van der Waals surface area contributed by atoms with E-state index < -0.39 is 0 Å². The van der Waals surface area contributed by atoms with E-state index in [0.717, 1.165) is 22.7 Å². The van der Waals surface area contributed by atoms with E-state index in [0.29, 0.717) is 37.5 Å². The van der Waals surface area contributed by atoms with Crippen LogP contribution in [0.3, 0.4) is 0 Å². The molecule has 0 unspecified atom stereocenters. The second-order valence-electron chi connectivity index (χ2n) is 6.11. The second-order valence-corrected chi connectivity index (χ2v) is 6.11. The van der Waals surface area contributed by atoms with Crippen molar-refractivity contribution in [2.75, 3.05) is 20.3 Å². The van der Waals surface area contributed by atoms with Gasteiger partial charge in [0.2, 0.25) is 5.91 Å². The molecule has 8 nitrogen and oxygen atoms in total. The van der Waals surface area contributed by atoms with Crippen LogP contribution in [0.5, 0.6) is 11.5 Å². The lowest BCUT2D eigenvalue weighted by Gasteiger charge is -2.11. The van der Waals surface area contributed by atoms with Crippen molar-refractivity contribution >= 4 is 11.7 Å². The molecule has 0 saturated heterocycles. The zero-order valence-corrected chi connectivity index (χ0v) is 15.7. The van der Waals surface area contributed by atoms with E-state index in [1.807, 2.05) is 32.0 Å². The molecule has 0 aliphatic carbocycles. The monoisotopic (exact) mass is 369 g/mol. The number of rotatable bonds is 8. The summed E-state index contributed by atoms with van der Waals surface area (Å²) in [6.45, 7) is 4.72. The minimum atomic E-state index is -0.0262. The minimum absolute atomic E-state index is 0.0262. The number of carbonyl (C=O) groups is 1. The van der Waals surface area contributed by atoms with Gasteiger partial charge in [-0.2, -0.15) is 10.1 Å². The Bertz CT molecular complexity index is 938. The Morgan fingerprint density at radius 3 is 2.89 bits per heavy atom. The molecule has 3 aromatic rings. The normalized spacial score (nSPS) is 10.8. The summed E-state index contributed by atoms with van der Waals surface area (Å²) in [6.07, 6.45) is 2.46. The first-order valence-corrected chi connectivity index (χ1v) is 8.78. The Labute approximate surface area is 157 Å². The molecule has 0 atom stereocenters. The number of methoxy groups -OCH3 is 1. The van der Waals surface area contributed by atoms with E-state index in [9.17, 15) is 4.79 Å². The highest BCUT2D eigenvalue weighted by molar-refractivity contribution is 5.76. The fourth-order valence-corrected chi connectivity index (χ4v) is 2.89. The van der Waals surface area contributed by atoms with Crippen molar-refractivity contribution in [3.8, 4) is 11.5 Å². The van der Waals surface area contributed by atoms with Crippen LogP contribution in [0.2, 0.25) is 0 Å². The van der Waals surface area contributed by atoms with Gasteiger partial charge in [-0.15, -0.1) is 0 Å². The average molecular weight is 369 g/mol. The fourth-order valence-electron chi connectivity index (χ4n) is 2.89. The number of amides is 1. The molecule has 0 radical (unpaired) electrons. The zero-order valence-electron chi connectivity index (χ0n) is 15.7. The number of aryl methyl sites for hydroxylation is 2. The molecule has 2 aromatic heterocycles. The summed E-state index contributed by atoms with van der Waals surface area (Å²) < 4.78 is 12.5. The molecule has 0 bridgehead atoms. The number of carbonyl (C=O) groups excluding carboxylic acids is 1. The van der Waals surface area contributed by atoms with Crippen LogP contribution in [-0.4, -0.2) is 45.8 Å². The summed E-state index contributed by atoms with van der Waals surface area (Å²) in [4.78, 5) is 20.6. The Hall–Kier alpha value is -3.16. The Morgan fingerprint density at radius 2 is 2.07 bits per heavy atom. The number of hydrogen-bond donors (Lipinski definition) is 1. The number of fused-ring (bicyclic) bond motifs is 1. The molecule has 8 heteroatoms. The largest absolute Gasteiger partial charge is 0.497 e. The molecule has 0 saturated carbocycles. The summed E-state index contributed by atoms with van der Waals surface area (Å²) in [5.41, 5.74) is 2.86. The van der Waals surface area contributed by atoms with Gasteiger partial charge in [0.05, 0.1) is 13.7 Å². The quantitative estimate of drug-likeness (QED) is 0.610. The topological polar surface area (TPSA) is 90.6 Å². The predicted octanol–water partition coefficient (Wildman–Crippen LogP) is 1.88. The van der Waals surface area contributed by atoms with Crippen molar-refractivity contribution in [3.63, 3.8) is 0 Å². The van der Waals surface area contributed by atoms with Gasteiger partial charge in [-0.3, -0.25) is 4.79 Å². The first kappa shape index (κ1) is 18.6. The summed E-state index contributed by atoms with van der Waals surface area (Å²) in [5.74, 6) is 2.00. The maximum atomic E-state index is 12.1. The Kier molecular flexibility index (Phi) is 5.85. The molecule has 0 spiro atoms. The molecular weight excluding hydrogens is 346 g/mol. The van der Waals surface area contributed by atoms with Gasteiger partial charge >= 0.3 is 0 Å². The molecule has 142 valence electrons. The van der Waals surface area contributed by atoms with E-state index in [4.69, 9.17) is 9.47 Å². The standard InChI is InChI=1S/C19H23N5O3/c1-13-17(14(2)24-19(23-13)21-12-22-24)7-8-18(25)20-9-10-27-16-6-4-5-15(11-16)26-3/h4-6,11-12H,7-10H2,1-3H3,(H,20,25). The van der Waals surface area contributed by atoms with Crippen molar-refractivity contribution in [2.45, 2.75) is 26.7 Å².